The summed E-state index contributed by atoms with van der Waals surface area (Å²) in [4.78, 5) is 0. The number of nitrogens with zero attached hydrogens (tertiary/aromatic N) is 2. The van der Waals surface area contributed by atoms with E-state index in [0.29, 0.717) is 12.5 Å². The molecule has 1 aromatic heterocycles. The van der Waals surface area contributed by atoms with Gasteiger partial charge in [0, 0.05) is 32.5 Å². The summed E-state index contributed by atoms with van der Waals surface area (Å²) in [5, 5.41) is 4.67. The molecule has 0 unspecified atom stereocenters. The maximum Gasteiger partial charge on any atom is 0.211 e. The molecular formula is C15H25N3O4S. The molecular weight excluding hydrogens is 318 g/mol. The summed E-state index contributed by atoms with van der Waals surface area (Å²) in [7, 11) is -3.22. The molecule has 0 amide bonds. The Hall–Kier alpha value is -0.960. The van der Waals surface area contributed by atoms with Crippen LogP contribution in [0.2, 0.25) is 0 Å². The fraction of sp³-hybridized carbons (Fsp3) is 0.800. The zero-order valence-corrected chi connectivity index (χ0v) is 14.3. The van der Waals surface area contributed by atoms with Gasteiger partial charge in [-0.15, -0.1) is 0 Å². The highest BCUT2D eigenvalue weighted by atomic mass is 32.2. The lowest BCUT2D eigenvalue weighted by molar-refractivity contribution is 0.0424. The number of aromatic nitrogens is 2. The molecule has 23 heavy (non-hydrogen) atoms. The van der Waals surface area contributed by atoms with Crippen LogP contribution in [0, 0.1) is 5.92 Å². The zero-order valence-electron chi connectivity index (χ0n) is 13.5. The highest BCUT2D eigenvalue weighted by Gasteiger charge is 2.26. The zero-order chi connectivity index (χ0) is 16.3. The first-order valence-corrected chi connectivity index (χ1v) is 9.95. The van der Waals surface area contributed by atoms with E-state index in [1.165, 1.54) is 5.56 Å². The molecule has 1 aromatic rings. The number of rotatable bonds is 6. The van der Waals surface area contributed by atoms with Crippen molar-refractivity contribution in [3.8, 4) is 0 Å². The number of sulfonamides is 1. The molecule has 7 nitrogen and oxygen atoms in total. The van der Waals surface area contributed by atoms with E-state index in [0.717, 1.165) is 44.7 Å². The maximum absolute atomic E-state index is 11.6. The second kappa shape index (κ2) is 7.29. The van der Waals surface area contributed by atoms with Crippen molar-refractivity contribution >= 4 is 10.0 Å². The van der Waals surface area contributed by atoms with Gasteiger partial charge in [-0.3, -0.25) is 4.68 Å². The molecule has 2 aliphatic heterocycles. The third kappa shape index (κ3) is 4.32. The predicted octanol–water partition coefficient (Wildman–Crippen LogP) is 0.863. The number of ether oxygens (including phenoxy) is 2. The Balaban J connectivity index is 1.66. The third-order valence-corrected chi connectivity index (χ3v) is 5.89. The Kier molecular flexibility index (Phi) is 5.35. The van der Waals surface area contributed by atoms with Crippen molar-refractivity contribution in [3.05, 3.63) is 17.5 Å². The molecule has 8 heteroatoms. The fourth-order valence-electron chi connectivity index (χ4n) is 3.08. The predicted molar refractivity (Wildman–Crippen MR) is 85.6 cm³/mol. The molecule has 1 N–H and O–H groups in total. The summed E-state index contributed by atoms with van der Waals surface area (Å²) in [6.45, 7) is 5.03. The van der Waals surface area contributed by atoms with Crippen molar-refractivity contribution in [2.75, 3.05) is 32.1 Å². The lowest BCUT2D eigenvalue weighted by Crippen LogP contribution is -2.32. The summed E-state index contributed by atoms with van der Waals surface area (Å²) in [6, 6.07) is 0. The summed E-state index contributed by atoms with van der Waals surface area (Å²) < 4.78 is 38.9. The molecule has 0 radical (unpaired) electrons. The largest absolute Gasteiger partial charge is 0.381 e. The molecule has 1 atom stereocenters. The smallest absolute Gasteiger partial charge is 0.211 e. The van der Waals surface area contributed by atoms with E-state index in [1.54, 1.807) is 6.92 Å². The van der Waals surface area contributed by atoms with Gasteiger partial charge in [-0.05, 0) is 37.7 Å². The second-order valence-corrected chi connectivity index (χ2v) is 8.27. The Morgan fingerprint density at radius 3 is 2.87 bits per heavy atom. The topological polar surface area (TPSA) is 82.5 Å². The van der Waals surface area contributed by atoms with Crippen LogP contribution in [-0.4, -0.2) is 50.3 Å². The molecule has 1 saturated heterocycles. The van der Waals surface area contributed by atoms with Crippen LogP contribution >= 0.6 is 0 Å². The van der Waals surface area contributed by atoms with Gasteiger partial charge in [0.25, 0.3) is 0 Å². The van der Waals surface area contributed by atoms with Crippen LogP contribution < -0.4 is 4.72 Å². The average Bonchev–Trinajstić information content (AvgIpc) is 2.97. The Labute approximate surface area is 137 Å². The normalized spacial score (nSPS) is 22.9. The fourth-order valence-corrected chi connectivity index (χ4v) is 3.69. The molecule has 3 heterocycles. The van der Waals surface area contributed by atoms with Crippen LogP contribution in [0.4, 0.5) is 0 Å². The minimum atomic E-state index is -3.22. The Bertz CT molecular complexity index is 623. The monoisotopic (exact) mass is 343 g/mol. The molecule has 0 saturated carbocycles. The lowest BCUT2D eigenvalue weighted by atomic mass is 10.0. The molecule has 1 fully saturated rings. The van der Waals surface area contributed by atoms with Gasteiger partial charge >= 0.3 is 0 Å². The third-order valence-electron chi connectivity index (χ3n) is 4.52. The van der Waals surface area contributed by atoms with E-state index in [-0.39, 0.29) is 18.4 Å². The van der Waals surface area contributed by atoms with E-state index < -0.39 is 10.0 Å². The molecule has 0 aliphatic carbocycles. The van der Waals surface area contributed by atoms with Crippen molar-refractivity contribution in [3.63, 3.8) is 0 Å². The van der Waals surface area contributed by atoms with Crippen molar-refractivity contribution in [1.82, 2.24) is 14.5 Å². The summed E-state index contributed by atoms with van der Waals surface area (Å²) in [6.07, 6.45) is 4.77. The van der Waals surface area contributed by atoms with Crippen molar-refractivity contribution in [2.45, 2.75) is 38.8 Å². The molecule has 0 bridgehead atoms. The standard InChI is InChI=1S/C15H25N3O4S/c1-2-23(19,20)16-9-14-15-13(5-8-22-14)11-18(17-15)10-12-3-6-21-7-4-12/h11-12,14,16H,2-10H2,1H3/t14-/m0/s1. The highest BCUT2D eigenvalue weighted by Crippen LogP contribution is 2.26. The van der Waals surface area contributed by atoms with E-state index in [2.05, 4.69) is 16.0 Å². The molecule has 3 rings (SSSR count). The summed E-state index contributed by atoms with van der Waals surface area (Å²) >= 11 is 0. The van der Waals surface area contributed by atoms with Crippen LogP contribution in [-0.2, 0) is 32.5 Å². The van der Waals surface area contributed by atoms with Gasteiger partial charge in [0.05, 0.1) is 18.1 Å². The average molecular weight is 343 g/mol. The van der Waals surface area contributed by atoms with Gasteiger partial charge in [0.15, 0.2) is 0 Å². The van der Waals surface area contributed by atoms with Crippen molar-refractivity contribution < 1.29 is 17.9 Å². The molecule has 130 valence electrons. The quantitative estimate of drug-likeness (QED) is 0.828. The highest BCUT2D eigenvalue weighted by molar-refractivity contribution is 7.89. The van der Waals surface area contributed by atoms with E-state index in [4.69, 9.17) is 9.47 Å². The van der Waals surface area contributed by atoms with Gasteiger partial charge in [0.2, 0.25) is 10.0 Å². The van der Waals surface area contributed by atoms with E-state index in [9.17, 15) is 8.42 Å². The number of hydrogen-bond donors (Lipinski definition) is 1. The molecule has 0 spiro atoms. The van der Waals surface area contributed by atoms with Crippen LogP contribution in [0.25, 0.3) is 0 Å². The maximum atomic E-state index is 11.6. The first-order chi connectivity index (χ1) is 11.1. The van der Waals surface area contributed by atoms with Crippen LogP contribution in [0.5, 0.6) is 0 Å². The number of fused-ring (bicyclic) bond motifs is 1. The first-order valence-electron chi connectivity index (χ1n) is 8.30. The first kappa shape index (κ1) is 16.9. The number of nitrogens with one attached hydrogen (secondary N) is 1. The van der Waals surface area contributed by atoms with E-state index >= 15 is 0 Å². The van der Waals surface area contributed by atoms with Crippen molar-refractivity contribution in [2.24, 2.45) is 5.92 Å². The van der Waals surface area contributed by atoms with Crippen molar-refractivity contribution in [1.29, 1.82) is 0 Å². The minimum Gasteiger partial charge on any atom is -0.381 e. The SMILES string of the molecule is CCS(=O)(=O)NC[C@@H]1OCCc2cn(CC3CCOCC3)nc21. The van der Waals surface area contributed by atoms with Gasteiger partial charge in [0.1, 0.15) is 6.10 Å². The summed E-state index contributed by atoms with van der Waals surface area (Å²) in [5.74, 6) is 0.674. The van der Waals surface area contributed by atoms with Gasteiger partial charge < -0.3 is 9.47 Å². The Morgan fingerprint density at radius 2 is 2.13 bits per heavy atom. The van der Waals surface area contributed by atoms with Gasteiger partial charge in [-0.2, -0.15) is 5.10 Å². The van der Waals surface area contributed by atoms with Crippen LogP contribution in [0.1, 0.15) is 37.1 Å². The van der Waals surface area contributed by atoms with Crippen LogP contribution in [0.15, 0.2) is 6.20 Å². The summed E-state index contributed by atoms with van der Waals surface area (Å²) in [5.41, 5.74) is 2.05. The Morgan fingerprint density at radius 1 is 1.35 bits per heavy atom. The van der Waals surface area contributed by atoms with E-state index in [1.807, 2.05) is 4.68 Å². The van der Waals surface area contributed by atoms with Crippen LogP contribution in [0.3, 0.4) is 0 Å². The number of hydrogen-bond acceptors (Lipinski definition) is 5. The van der Waals surface area contributed by atoms with Gasteiger partial charge in [-0.25, -0.2) is 13.1 Å². The second-order valence-electron chi connectivity index (χ2n) is 6.18. The molecule has 2 aliphatic rings. The lowest BCUT2D eigenvalue weighted by Gasteiger charge is -2.22. The molecule has 0 aromatic carbocycles. The van der Waals surface area contributed by atoms with Gasteiger partial charge in [-0.1, -0.05) is 0 Å². The minimum absolute atomic E-state index is 0.0742.